The van der Waals surface area contributed by atoms with Crippen LogP contribution in [0.25, 0.3) is 10.6 Å². The van der Waals surface area contributed by atoms with Gasteiger partial charge in [-0.05, 0) is 44.8 Å². The molecule has 0 aromatic carbocycles. The second-order valence-electron chi connectivity index (χ2n) is 8.21. The van der Waals surface area contributed by atoms with E-state index in [2.05, 4.69) is 16.4 Å². The van der Waals surface area contributed by atoms with Crippen LogP contribution in [0.5, 0.6) is 0 Å². The molecule has 0 radical (unpaired) electrons. The Morgan fingerprint density at radius 3 is 2.87 bits per heavy atom. The molecule has 2 aliphatic rings. The molecule has 2 aromatic rings. The minimum Gasteiger partial charge on any atom is -0.435 e. The molecule has 0 saturated carbocycles. The maximum atomic E-state index is 13.5. The average Bonchev–Trinajstić information content (AvgIpc) is 3.31. The fourth-order valence-electron chi connectivity index (χ4n) is 3.38. The Bertz CT molecular complexity index is 1100. The summed E-state index contributed by atoms with van der Waals surface area (Å²) >= 11 is 1.31. The number of fused-ring (bicyclic) bond motifs is 1. The molecule has 7 heteroatoms. The number of thiazole rings is 1. The third-order valence-corrected chi connectivity index (χ3v) is 5.68. The van der Waals surface area contributed by atoms with Crippen molar-refractivity contribution in [2.24, 2.45) is 0 Å². The highest BCUT2D eigenvalue weighted by molar-refractivity contribution is 7.13. The lowest BCUT2D eigenvalue weighted by Gasteiger charge is -2.25. The number of allylic oxidation sites excluding steroid dienone is 2. The second kappa shape index (κ2) is 7.57. The Morgan fingerprint density at radius 1 is 1.37 bits per heavy atom. The molecular weight excluding hydrogens is 398 g/mol. The molecule has 4 rings (SSSR count). The first kappa shape index (κ1) is 20.1. The Labute approximate surface area is 179 Å². The third kappa shape index (κ3) is 3.80. The molecule has 1 N–H and O–H groups in total. The maximum Gasteiger partial charge on any atom is 0.550 e. The first-order valence-corrected chi connectivity index (χ1v) is 10.5. The van der Waals surface area contributed by atoms with Crippen molar-refractivity contribution in [3.8, 4) is 10.6 Å². The van der Waals surface area contributed by atoms with Crippen molar-refractivity contribution in [2.75, 3.05) is 0 Å². The Kier molecular flexibility index (Phi) is 5.07. The summed E-state index contributed by atoms with van der Waals surface area (Å²) < 4.78 is 6.97. The van der Waals surface area contributed by atoms with Crippen molar-refractivity contribution in [3.63, 3.8) is 0 Å². The van der Waals surface area contributed by atoms with Crippen molar-refractivity contribution in [2.45, 2.75) is 39.3 Å². The van der Waals surface area contributed by atoms with E-state index in [1.807, 2.05) is 25.5 Å². The van der Waals surface area contributed by atoms with Crippen molar-refractivity contribution < 1.29 is 18.9 Å². The molecule has 1 aliphatic carbocycles. The van der Waals surface area contributed by atoms with Crippen LogP contribution in [0.3, 0.4) is 0 Å². The van der Waals surface area contributed by atoms with Gasteiger partial charge in [-0.1, -0.05) is 19.1 Å². The zero-order valence-electron chi connectivity index (χ0n) is 17.3. The van der Waals surface area contributed by atoms with Gasteiger partial charge in [0.25, 0.3) is 0 Å². The fourth-order valence-corrected chi connectivity index (χ4v) is 4.35. The van der Waals surface area contributed by atoms with E-state index in [1.165, 1.54) is 15.9 Å². The van der Waals surface area contributed by atoms with Gasteiger partial charge in [-0.3, -0.25) is 9.78 Å². The highest BCUT2D eigenvalue weighted by Crippen LogP contribution is 2.31. The van der Waals surface area contributed by atoms with Gasteiger partial charge in [0, 0.05) is 11.8 Å². The zero-order chi connectivity index (χ0) is 21.5. The van der Waals surface area contributed by atoms with E-state index in [0.717, 1.165) is 16.7 Å². The van der Waals surface area contributed by atoms with Crippen molar-refractivity contribution >= 4 is 23.2 Å². The molecule has 0 saturated heterocycles. The van der Waals surface area contributed by atoms with Crippen LogP contribution >= 0.6 is 11.3 Å². The molecule has 0 spiro atoms. The van der Waals surface area contributed by atoms with E-state index in [1.54, 1.807) is 50.8 Å². The lowest BCUT2D eigenvalue weighted by atomic mass is 9.91. The minimum absolute atomic E-state index is 0.0274. The average molecular weight is 422 g/mol. The fraction of sp³-hybridized carbons (Fsp3) is 0.261. The highest BCUT2D eigenvalue weighted by Gasteiger charge is 2.39. The van der Waals surface area contributed by atoms with Crippen LogP contribution in [0, 0.1) is 6.42 Å². The van der Waals surface area contributed by atoms with Gasteiger partial charge in [-0.2, -0.15) is 24.1 Å². The van der Waals surface area contributed by atoms with Crippen molar-refractivity contribution in [3.05, 3.63) is 77.1 Å². The molecule has 0 amide bonds. The summed E-state index contributed by atoms with van der Waals surface area (Å²) in [6.45, 7) is 7.42. The summed E-state index contributed by atoms with van der Waals surface area (Å²) in [6, 6.07) is 3.62. The monoisotopic (exact) mass is 421 g/mol. The topological polar surface area (TPSA) is 72.2 Å². The van der Waals surface area contributed by atoms with Gasteiger partial charge in [0.2, 0.25) is 28.2 Å². The molecule has 30 heavy (non-hydrogen) atoms. The van der Waals surface area contributed by atoms with E-state index >= 15 is 0 Å². The van der Waals surface area contributed by atoms with Gasteiger partial charge in [0.1, 0.15) is 5.60 Å². The standard InChI is InChI=1S/C23H23N3O3S/c1-14-7-8-16-17(12-25-18(16)10-14)20(27)19-13-30-21(15-6-5-9-24-11-15)26(19)22(28)29-23(2,3)4/h5-13,18,25H,1-4H3. The Hall–Kier alpha value is -3.19. The number of Topliss-reactive ketones (excluding diaryl/α,β-unsaturated/α-hetero) is 1. The second-order valence-corrected chi connectivity index (χ2v) is 9.07. The van der Waals surface area contributed by atoms with Crippen LogP contribution in [0.15, 0.2) is 65.0 Å². The number of carbonyl (C=O) groups is 2. The van der Waals surface area contributed by atoms with E-state index in [-0.39, 0.29) is 17.5 Å². The summed E-state index contributed by atoms with van der Waals surface area (Å²) in [7, 11) is 0. The van der Waals surface area contributed by atoms with Crippen molar-refractivity contribution in [1.82, 2.24) is 10.3 Å². The highest BCUT2D eigenvalue weighted by atomic mass is 32.1. The van der Waals surface area contributed by atoms with Gasteiger partial charge in [0.15, 0.2) is 0 Å². The predicted octanol–water partition coefficient (Wildman–Crippen LogP) is 4.01. The van der Waals surface area contributed by atoms with Crippen LogP contribution in [-0.4, -0.2) is 28.5 Å². The van der Waals surface area contributed by atoms with E-state index in [9.17, 15) is 9.59 Å². The number of pyridine rings is 1. The van der Waals surface area contributed by atoms with E-state index in [4.69, 9.17) is 4.74 Å². The lowest BCUT2D eigenvalue weighted by molar-refractivity contribution is -0.574. The van der Waals surface area contributed by atoms with E-state index in [0.29, 0.717) is 10.6 Å². The van der Waals surface area contributed by atoms with Gasteiger partial charge in [-0.25, -0.2) is 4.79 Å². The number of nitrogens with one attached hydrogen (secondary N) is 1. The van der Waals surface area contributed by atoms with Crippen LogP contribution in [0.2, 0.25) is 0 Å². The normalized spacial score (nSPS) is 17.7. The first-order valence-electron chi connectivity index (χ1n) is 9.66. The lowest BCUT2D eigenvalue weighted by Crippen LogP contribution is -2.50. The molecule has 1 atom stereocenters. The number of aromatic nitrogens is 2. The largest absolute Gasteiger partial charge is 0.550 e. The van der Waals surface area contributed by atoms with Crippen LogP contribution in [0.1, 0.15) is 38.2 Å². The first-order chi connectivity index (χ1) is 14.2. The molecule has 154 valence electrons. The quantitative estimate of drug-likeness (QED) is 0.351. The SMILES string of the molecule is CC1=CC2NC=C(C(=O)c3c[s+][c-](-c4cccnc4)[n+]3C(=O)OC(C)(C)C)C2=C[CH-]1. The number of carbonyl (C=O) groups excluding carboxylic acids is 2. The van der Waals surface area contributed by atoms with Gasteiger partial charge in [-0.15, -0.1) is 10.1 Å². The van der Waals surface area contributed by atoms with E-state index < -0.39 is 11.7 Å². The number of ether oxygens (including phenoxy) is 1. The molecular formula is C23H23N3O3S. The molecule has 2 aromatic heterocycles. The molecule has 3 heterocycles. The van der Waals surface area contributed by atoms with Gasteiger partial charge >= 0.3 is 11.1 Å². The Morgan fingerprint density at radius 2 is 2.17 bits per heavy atom. The van der Waals surface area contributed by atoms with Crippen molar-refractivity contribution in [1.29, 1.82) is 0 Å². The summed E-state index contributed by atoms with van der Waals surface area (Å²) in [6.07, 6.45) is 10.5. The number of ketones is 1. The predicted molar refractivity (Wildman–Crippen MR) is 115 cm³/mol. The van der Waals surface area contributed by atoms with Crippen LogP contribution < -0.4 is 9.88 Å². The number of rotatable bonds is 3. The summed E-state index contributed by atoms with van der Waals surface area (Å²) in [5.74, 6) is -0.227. The molecule has 6 nitrogen and oxygen atoms in total. The molecule has 1 aliphatic heterocycles. The Balaban J connectivity index is 1.76. The summed E-state index contributed by atoms with van der Waals surface area (Å²) in [4.78, 5) is 30.7. The maximum absolute atomic E-state index is 13.5. The number of hydrogen-bond acceptors (Lipinski definition) is 5. The summed E-state index contributed by atoms with van der Waals surface area (Å²) in [5, 5.41) is 5.54. The zero-order valence-corrected chi connectivity index (χ0v) is 18.1. The number of nitrogens with zero attached hydrogens (tertiary/aromatic N) is 2. The summed E-state index contributed by atoms with van der Waals surface area (Å²) in [5.41, 5.74) is 2.91. The number of hydrogen-bond donors (Lipinski definition) is 1. The van der Waals surface area contributed by atoms with Gasteiger partial charge < -0.3 is 10.1 Å². The van der Waals surface area contributed by atoms with Crippen LogP contribution in [0.4, 0.5) is 4.79 Å². The third-order valence-electron chi connectivity index (χ3n) is 4.70. The molecule has 0 bridgehead atoms. The van der Waals surface area contributed by atoms with Crippen LogP contribution in [-0.2, 0) is 4.74 Å². The minimum atomic E-state index is -0.693. The van der Waals surface area contributed by atoms with Gasteiger partial charge in [0.05, 0.1) is 0 Å². The molecule has 1 unspecified atom stereocenters. The molecule has 0 fully saturated rings. The smallest absolute Gasteiger partial charge is 0.435 e.